The van der Waals surface area contributed by atoms with Crippen LogP contribution in [0.4, 0.5) is 4.39 Å². The highest BCUT2D eigenvalue weighted by molar-refractivity contribution is 5.88. The topological polar surface area (TPSA) is 58.6 Å². The Kier molecular flexibility index (Phi) is 3.99. The number of piperazine rings is 1. The zero-order chi connectivity index (χ0) is 13.8. The lowest BCUT2D eigenvalue weighted by atomic mass is 10.2. The first-order valence-electron chi connectivity index (χ1n) is 6.04. The molecule has 0 aliphatic carbocycles. The zero-order valence-electron chi connectivity index (χ0n) is 10.6. The lowest BCUT2D eigenvalue weighted by molar-refractivity contribution is -0.143. The molecule has 1 aromatic rings. The molecule has 1 atom stereocenters. The number of rotatable bonds is 3. The van der Waals surface area contributed by atoms with Crippen LogP contribution in [-0.2, 0) is 9.59 Å². The Morgan fingerprint density at radius 3 is 3.00 bits per heavy atom. The molecule has 0 aromatic heterocycles. The molecule has 2 rings (SSSR count). The number of hydrogen-bond acceptors (Lipinski definition) is 3. The first kappa shape index (κ1) is 13.3. The highest BCUT2D eigenvalue weighted by Gasteiger charge is 2.26. The van der Waals surface area contributed by atoms with Crippen molar-refractivity contribution in [2.45, 2.75) is 13.0 Å². The summed E-state index contributed by atoms with van der Waals surface area (Å²) >= 11 is 0. The average molecular weight is 266 g/mol. The van der Waals surface area contributed by atoms with E-state index >= 15 is 0 Å². The molecule has 0 bridgehead atoms. The monoisotopic (exact) mass is 266 g/mol. The molecule has 19 heavy (non-hydrogen) atoms. The second-order valence-corrected chi connectivity index (χ2v) is 4.33. The summed E-state index contributed by atoms with van der Waals surface area (Å²) in [7, 11) is 0. The molecule has 1 heterocycles. The van der Waals surface area contributed by atoms with Crippen molar-refractivity contribution < 1.29 is 18.7 Å². The Morgan fingerprint density at radius 2 is 2.32 bits per heavy atom. The van der Waals surface area contributed by atoms with Gasteiger partial charge in [-0.25, -0.2) is 4.39 Å². The molecule has 0 saturated carbocycles. The van der Waals surface area contributed by atoms with E-state index in [0.29, 0.717) is 18.8 Å². The van der Waals surface area contributed by atoms with E-state index in [1.54, 1.807) is 13.0 Å². The van der Waals surface area contributed by atoms with Gasteiger partial charge in [-0.15, -0.1) is 0 Å². The highest BCUT2D eigenvalue weighted by atomic mass is 19.1. The zero-order valence-corrected chi connectivity index (χ0v) is 10.6. The maximum absolute atomic E-state index is 13.0. The van der Waals surface area contributed by atoms with E-state index in [1.807, 2.05) is 0 Å². The maximum atomic E-state index is 13.0. The molecule has 1 aliphatic heterocycles. The molecule has 1 unspecified atom stereocenters. The summed E-state index contributed by atoms with van der Waals surface area (Å²) in [5, 5.41) is 2.64. The van der Waals surface area contributed by atoms with Gasteiger partial charge in [0.05, 0.1) is 6.54 Å². The van der Waals surface area contributed by atoms with Crippen molar-refractivity contribution in [2.75, 3.05) is 19.6 Å². The second-order valence-electron chi connectivity index (χ2n) is 4.33. The van der Waals surface area contributed by atoms with Crippen LogP contribution in [0.25, 0.3) is 0 Å². The molecule has 0 spiro atoms. The third-order valence-electron chi connectivity index (χ3n) is 2.81. The van der Waals surface area contributed by atoms with E-state index in [0.717, 1.165) is 0 Å². The Morgan fingerprint density at radius 1 is 1.53 bits per heavy atom. The number of ether oxygens (including phenoxy) is 1. The predicted molar refractivity (Wildman–Crippen MR) is 66.1 cm³/mol. The molecule has 1 fully saturated rings. The quantitative estimate of drug-likeness (QED) is 0.869. The molecule has 0 radical (unpaired) electrons. The number of carbonyl (C=O) groups is 2. The van der Waals surface area contributed by atoms with Gasteiger partial charge in [-0.1, -0.05) is 6.07 Å². The molecular weight excluding hydrogens is 251 g/mol. The van der Waals surface area contributed by atoms with E-state index in [2.05, 4.69) is 5.32 Å². The Balaban J connectivity index is 1.97. The van der Waals surface area contributed by atoms with Gasteiger partial charge in [0.1, 0.15) is 11.6 Å². The van der Waals surface area contributed by atoms with Gasteiger partial charge in [0, 0.05) is 19.2 Å². The minimum Gasteiger partial charge on any atom is -0.481 e. The first-order chi connectivity index (χ1) is 9.06. The van der Waals surface area contributed by atoms with Crippen molar-refractivity contribution in [3.8, 4) is 5.75 Å². The summed E-state index contributed by atoms with van der Waals surface area (Å²) in [6, 6.07) is 5.60. The Bertz CT molecular complexity index is 493. The van der Waals surface area contributed by atoms with Crippen LogP contribution in [0.5, 0.6) is 5.75 Å². The van der Waals surface area contributed by atoms with E-state index in [9.17, 15) is 14.0 Å². The van der Waals surface area contributed by atoms with Crippen molar-refractivity contribution in [2.24, 2.45) is 0 Å². The van der Waals surface area contributed by atoms with Gasteiger partial charge in [-0.05, 0) is 19.1 Å². The third-order valence-corrected chi connectivity index (χ3v) is 2.81. The number of nitrogens with one attached hydrogen (secondary N) is 1. The van der Waals surface area contributed by atoms with E-state index in [1.165, 1.54) is 23.1 Å². The maximum Gasteiger partial charge on any atom is 0.263 e. The van der Waals surface area contributed by atoms with Crippen LogP contribution in [0.1, 0.15) is 6.92 Å². The van der Waals surface area contributed by atoms with E-state index in [4.69, 9.17) is 4.74 Å². The number of amides is 2. The minimum absolute atomic E-state index is 0.0374. The van der Waals surface area contributed by atoms with E-state index < -0.39 is 11.9 Å². The van der Waals surface area contributed by atoms with Gasteiger partial charge in [0.25, 0.3) is 5.91 Å². The van der Waals surface area contributed by atoms with Gasteiger partial charge in [0.15, 0.2) is 6.10 Å². The lowest BCUT2D eigenvalue weighted by Gasteiger charge is -2.29. The summed E-state index contributed by atoms with van der Waals surface area (Å²) in [4.78, 5) is 24.7. The third kappa shape index (κ3) is 3.43. The van der Waals surface area contributed by atoms with E-state index in [-0.39, 0.29) is 18.4 Å². The normalized spacial score (nSPS) is 16.7. The van der Waals surface area contributed by atoms with Crippen LogP contribution >= 0.6 is 0 Å². The van der Waals surface area contributed by atoms with Crippen molar-refractivity contribution >= 4 is 11.8 Å². The Labute approximate surface area is 110 Å². The van der Waals surface area contributed by atoms with Crippen molar-refractivity contribution in [3.63, 3.8) is 0 Å². The summed E-state index contributed by atoms with van der Waals surface area (Å²) in [5.41, 5.74) is 0. The molecule has 102 valence electrons. The molecule has 1 saturated heterocycles. The summed E-state index contributed by atoms with van der Waals surface area (Å²) in [6.07, 6.45) is -0.757. The summed E-state index contributed by atoms with van der Waals surface area (Å²) in [5.74, 6) is -0.589. The molecule has 1 aliphatic rings. The number of halogens is 1. The fourth-order valence-electron chi connectivity index (χ4n) is 1.88. The smallest absolute Gasteiger partial charge is 0.263 e. The highest BCUT2D eigenvalue weighted by Crippen LogP contribution is 2.14. The minimum atomic E-state index is -0.757. The predicted octanol–water partition coefficient (Wildman–Crippen LogP) is 0.551. The van der Waals surface area contributed by atoms with Crippen molar-refractivity contribution in [3.05, 3.63) is 30.1 Å². The number of benzene rings is 1. The van der Waals surface area contributed by atoms with Crippen LogP contribution in [0.15, 0.2) is 24.3 Å². The van der Waals surface area contributed by atoms with Crippen LogP contribution in [0, 0.1) is 5.82 Å². The summed E-state index contributed by atoms with van der Waals surface area (Å²) in [6.45, 7) is 2.52. The van der Waals surface area contributed by atoms with Gasteiger partial charge >= 0.3 is 0 Å². The van der Waals surface area contributed by atoms with Crippen LogP contribution in [-0.4, -0.2) is 42.5 Å². The van der Waals surface area contributed by atoms with Gasteiger partial charge in [-0.2, -0.15) is 0 Å². The first-order valence-corrected chi connectivity index (χ1v) is 6.04. The van der Waals surface area contributed by atoms with Crippen molar-refractivity contribution in [1.82, 2.24) is 10.2 Å². The lowest BCUT2D eigenvalue weighted by Crippen LogP contribution is -2.53. The number of carbonyl (C=O) groups excluding carboxylic acids is 2. The Hall–Kier alpha value is -2.11. The van der Waals surface area contributed by atoms with Gasteiger partial charge in [-0.3, -0.25) is 9.59 Å². The molecule has 2 amide bonds. The van der Waals surface area contributed by atoms with Crippen LogP contribution < -0.4 is 10.1 Å². The second kappa shape index (κ2) is 5.69. The number of nitrogens with zero attached hydrogens (tertiary/aromatic N) is 1. The van der Waals surface area contributed by atoms with Crippen LogP contribution in [0.3, 0.4) is 0 Å². The van der Waals surface area contributed by atoms with Gasteiger partial charge in [0.2, 0.25) is 5.91 Å². The molecule has 5 nitrogen and oxygen atoms in total. The average Bonchev–Trinajstić information content (AvgIpc) is 2.38. The largest absolute Gasteiger partial charge is 0.481 e. The molecule has 1 aromatic carbocycles. The van der Waals surface area contributed by atoms with Crippen molar-refractivity contribution in [1.29, 1.82) is 0 Å². The van der Waals surface area contributed by atoms with Crippen LogP contribution in [0.2, 0.25) is 0 Å². The molecule has 6 heteroatoms. The fraction of sp³-hybridized carbons (Fsp3) is 0.385. The SMILES string of the molecule is CC(Oc1cccc(F)c1)C(=O)N1CCNC(=O)C1. The summed E-state index contributed by atoms with van der Waals surface area (Å²) < 4.78 is 18.4. The van der Waals surface area contributed by atoms with Gasteiger partial charge < -0.3 is 15.0 Å². The molecule has 1 N–H and O–H groups in total. The number of hydrogen-bond donors (Lipinski definition) is 1. The standard InChI is InChI=1S/C13H15FN2O3/c1-9(19-11-4-2-3-10(14)7-11)13(18)16-6-5-15-12(17)8-16/h2-4,7,9H,5-6,8H2,1H3,(H,15,17). The molecular formula is C13H15FN2O3. The fourth-order valence-corrected chi connectivity index (χ4v) is 1.88.